The molecule has 0 aliphatic rings. The largest absolute Gasteiger partial charge is 0.441 e. The zero-order valence-electron chi connectivity index (χ0n) is 17.6. The summed E-state index contributed by atoms with van der Waals surface area (Å²) in [6.45, 7) is 10.1. The van der Waals surface area contributed by atoms with Crippen molar-refractivity contribution in [2.24, 2.45) is 0 Å². The number of carbonyl (C=O) groups is 2. The summed E-state index contributed by atoms with van der Waals surface area (Å²) < 4.78 is 5.71. The van der Waals surface area contributed by atoms with Gasteiger partial charge < -0.3 is 15.4 Å². The summed E-state index contributed by atoms with van der Waals surface area (Å²) in [5.41, 5.74) is 0.0620. The second-order valence-corrected chi connectivity index (χ2v) is 8.43. The molecular weight excluding hydrogens is 340 g/mol. The molecule has 0 saturated carbocycles. The van der Waals surface area contributed by atoms with Crippen LogP contribution in [0.1, 0.15) is 72.3 Å². The number of hydrogen-bond donors (Lipinski definition) is 2. The maximum Gasteiger partial charge on any atom is 0.408 e. The summed E-state index contributed by atoms with van der Waals surface area (Å²) in [5, 5.41) is 5.77. The average Bonchev–Trinajstić information content (AvgIpc) is 2.57. The quantitative estimate of drug-likeness (QED) is 0.587. The molecule has 152 valence electrons. The van der Waals surface area contributed by atoms with Crippen LogP contribution in [-0.4, -0.2) is 29.7 Å². The third kappa shape index (κ3) is 10.6. The van der Waals surface area contributed by atoms with Crippen molar-refractivity contribution < 1.29 is 14.3 Å². The monoisotopic (exact) mass is 376 g/mol. The van der Waals surface area contributed by atoms with Gasteiger partial charge in [0, 0.05) is 12.0 Å². The first-order chi connectivity index (χ1) is 12.6. The molecule has 2 amide bonds. The van der Waals surface area contributed by atoms with Crippen LogP contribution in [0.2, 0.25) is 0 Å². The fourth-order valence-electron chi connectivity index (χ4n) is 2.76. The molecule has 0 fully saturated rings. The second-order valence-electron chi connectivity index (χ2n) is 8.43. The highest BCUT2D eigenvalue weighted by molar-refractivity contribution is 5.76. The van der Waals surface area contributed by atoms with Crippen molar-refractivity contribution in [3.63, 3.8) is 0 Å². The number of benzene rings is 1. The van der Waals surface area contributed by atoms with Gasteiger partial charge in [0.05, 0.1) is 6.54 Å². The number of aryl methyl sites for hydroxylation is 1. The number of ether oxygens (including phenoxy) is 1. The third-order valence-electron chi connectivity index (χ3n) is 4.27. The van der Waals surface area contributed by atoms with E-state index in [2.05, 4.69) is 17.6 Å². The first-order valence-electron chi connectivity index (χ1n) is 9.95. The molecule has 1 atom stereocenters. The predicted molar refractivity (Wildman–Crippen MR) is 110 cm³/mol. The van der Waals surface area contributed by atoms with Gasteiger partial charge >= 0.3 is 6.09 Å². The molecule has 0 unspecified atom stereocenters. The first kappa shape index (κ1) is 23.0. The van der Waals surface area contributed by atoms with Crippen LogP contribution in [0.5, 0.6) is 0 Å². The van der Waals surface area contributed by atoms with Gasteiger partial charge in [0.15, 0.2) is 0 Å². The topological polar surface area (TPSA) is 67.4 Å². The van der Waals surface area contributed by atoms with Crippen LogP contribution in [0.4, 0.5) is 4.79 Å². The van der Waals surface area contributed by atoms with Gasteiger partial charge in [-0.2, -0.15) is 0 Å². The highest BCUT2D eigenvalue weighted by Gasteiger charge is 2.30. The van der Waals surface area contributed by atoms with Crippen molar-refractivity contribution in [2.75, 3.05) is 6.54 Å². The molecule has 0 aromatic heterocycles. The zero-order valence-corrected chi connectivity index (χ0v) is 17.6. The fraction of sp³-hybridized carbons (Fsp3) is 0.636. The Morgan fingerprint density at radius 1 is 1.04 bits per heavy atom. The third-order valence-corrected chi connectivity index (χ3v) is 4.27. The van der Waals surface area contributed by atoms with E-state index < -0.39 is 11.7 Å². The molecule has 0 radical (unpaired) electrons. The van der Waals surface area contributed by atoms with E-state index in [0.29, 0.717) is 19.4 Å². The van der Waals surface area contributed by atoms with Crippen LogP contribution in [-0.2, 0) is 16.0 Å². The zero-order chi connectivity index (χ0) is 20.3. The number of alkyl carbamates (subject to hydrolysis) is 1. The molecule has 2 N–H and O–H groups in total. The van der Waals surface area contributed by atoms with Gasteiger partial charge in [-0.1, -0.05) is 50.1 Å². The van der Waals surface area contributed by atoms with Gasteiger partial charge in [0.25, 0.3) is 0 Å². The van der Waals surface area contributed by atoms with Gasteiger partial charge in [0.2, 0.25) is 5.91 Å². The summed E-state index contributed by atoms with van der Waals surface area (Å²) in [7, 11) is 0. The van der Waals surface area contributed by atoms with Gasteiger partial charge in [0.1, 0.15) is 5.60 Å². The lowest BCUT2D eigenvalue weighted by Gasteiger charge is -2.32. The Balaban J connectivity index is 2.56. The number of amides is 2. The smallest absolute Gasteiger partial charge is 0.408 e. The van der Waals surface area contributed by atoms with Gasteiger partial charge in [-0.3, -0.25) is 4.79 Å². The van der Waals surface area contributed by atoms with E-state index in [9.17, 15) is 9.59 Å². The number of rotatable bonds is 10. The molecule has 0 spiro atoms. The Morgan fingerprint density at radius 2 is 1.70 bits per heavy atom. The SMILES string of the molecule is CCCCC[C@](C)(CNC(=O)CCc1ccccc1)OC(=O)NC(C)(C)C. The van der Waals surface area contributed by atoms with E-state index >= 15 is 0 Å². The standard InChI is InChI=1S/C22H36N2O3/c1-6-7-11-16-22(5,27-20(26)24-21(2,3)4)17-23-19(25)15-14-18-12-9-8-10-13-18/h8-10,12-13H,6-7,11,14-17H2,1-5H3,(H,23,25)(H,24,26)/t22-/m1/s1. The summed E-state index contributed by atoms with van der Waals surface area (Å²) in [6.07, 6.45) is 4.51. The first-order valence-corrected chi connectivity index (χ1v) is 9.95. The summed E-state index contributed by atoms with van der Waals surface area (Å²) in [4.78, 5) is 24.5. The summed E-state index contributed by atoms with van der Waals surface area (Å²) in [6, 6.07) is 9.94. The second kappa shape index (κ2) is 11.0. The van der Waals surface area contributed by atoms with E-state index in [1.165, 1.54) is 0 Å². The maximum absolute atomic E-state index is 12.2. The minimum atomic E-state index is -0.715. The molecule has 5 heteroatoms. The van der Waals surface area contributed by atoms with Crippen LogP contribution < -0.4 is 10.6 Å². The van der Waals surface area contributed by atoms with Gasteiger partial charge in [-0.25, -0.2) is 4.79 Å². The Labute approximate surface area is 164 Å². The van der Waals surface area contributed by atoms with Crippen LogP contribution in [0.25, 0.3) is 0 Å². The fourth-order valence-corrected chi connectivity index (χ4v) is 2.76. The van der Waals surface area contributed by atoms with E-state index in [1.54, 1.807) is 0 Å². The van der Waals surface area contributed by atoms with Crippen molar-refractivity contribution >= 4 is 12.0 Å². The number of nitrogens with one attached hydrogen (secondary N) is 2. The van der Waals surface area contributed by atoms with E-state index in [-0.39, 0.29) is 11.4 Å². The molecule has 0 heterocycles. The van der Waals surface area contributed by atoms with Gasteiger partial charge in [-0.05, 0) is 52.5 Å². The Morgan fingerprint density at radius 3 is 2.30 bits per heavy atom. The lowest BCUT2D eigenvalue weighted by Crippen LogP contribution is -2.49. The normalized spacial score (nSPS) is 13.5. The van der Waals surface area contributed by atoms with Crippen LogP contribution in [0.3, 0.4) is 0 Å². The number of hydrogen-bond acceptors (Lipinski definition) is 3. The minimum Gasteiger partial charge on any atom is -0.441 e. The maximum atomic E-state index is 12.2. The van der Waals surface area contributed by atoms with E-state index in [0.717, 1.165) is 31.2 Å². The van der Waals surface area contributed by atoms with Crippen LogP contribution >= 0.6 is 0 Å². The Kier molecular flexibility index (Phi) is 9.33. The molecule has 0 aliphatic carbocycles. The van der Waals surface area contributed by atoms with Crippen molar-refractivity contribution in [1.29, 1.82) is 0 Å². The summed E-state index contributed by atoms with van der Waals surface area (Å²) in [5.74, 6) is -0.0274. The molecule has 5 nitrogen and oxygen atoms in total. The molecule has 1 aromatic rings. The van der Waals surface area contributed by atoms with Crippen molar-refractivity contribution in [3.05, 3.63) is 35.9 Å². The average molecular weight is 377 g/mol. The van der Waals surface area contributed by atoms with E-state index in [1.807, 2.05) is 58.0 Å². The molecule has 0 bridgehead atoms. The lowest BCUT2D eigenvalue weighted by atomic mass is 9.97. The highest BCUT2D eigenvalue weighted by atomic mass is 16.6. The number of unbranched alkanes of at least 4 members (excludes halogenated alkanes) is 2. The molecule has 1 aromatic carbocycles. The molecular formula is C22H36N2O3. The summed E-state index contributed by atoms with van der Waals surface area (Å²) >= 11 is 0. The predicted octanol–water partition coefficient (Wildman–Crippen LogP) is 4.60. The van der Waals surface area contributed by atoms with E-state index in [4.69, 9.17) is 4.74 Å². The van der Waals surface area contributed by atoms with Crippen LogP contribution in [0, 0.1) is 0 Å². The Bertz CT molecular complexity index is 581. The minimum absolute atomic E-state index is 0.0274. The highest BCUT2D eigenvalue weighted by Crippen LogP contribution is 2.20. The molecule has 1 rings (SSSR count). The molecule has 27 heavy (non-hydrogen) atoms. The van der Waals surface area contributed by atoms with Gasteiger partial charge in [-0.15, -0.1) is 0 Å². The molecule has 0 saturated heterocycles. The van der Waals surface area contributed by atoms with Crippen LogP contribution in [0.15, 0.2) is 30.3 Å². The molecule has 0 aliphatic heterocycles. The Hall–Kier alpha value is -2.04. The van der Waals surface area contributed by atoms with Crippen molar-refractivity contribution in [3.8, 4) is 0 Å². The van der Waals surface area contributed by atoms with Crippen molar-refractivity contribution in [1.82, 2.24) is 10.6 Å². The lowest BCUT2D eigenvalue weighted by molar-refractivity contribution is -0.122. The number of carbonyl (C=O) groups excluding carboxylic acids is 2. The van der Waals surface area contributed by atoms with Crippen molar-refractivity contribution in [2.45, 2.75) is 84.3 Å².